The molecule has 0 saturated carbocycles. The lowest BCUT2D eigenvalue weighted by molar-refractivity contribution is 0.139. The Bertz CT molecular complexity index is 595. The van der Waals surface area contributed by atoms with E-state index >= 15 is 0 Å². The lowest BCUT2D eigenvalue weighted by Gasteiger charge is -2.26. The van der Waals surface area contributed by atoms with Crippen LogP contribution >= 0.6 is 0 Å². The molecule has 22 heavy (non-hydrogen) atoms. The molecular formula is C16H24N4O2. The maximum Gasteiger partial charge on any atom is 0.147 e. The number of aryl methyl sites for hydroxylation is 1. The molecule has 2 rings (SSSR count). The number of aliphatic hydroxyl groups is 1. The Kier molecular flexibility index (Phi) is 5.51. The van der Waals surface area contributed by atoms with Crippen molar-refractivity contribution in [3.05, 3.63) is 41.5 Å². The molecular weight excluding hydrogens is 280 g/mol. The first kappa shape index (κ1) is 16.5. The summed E-state index contributed by atoms with van der Waals surface area (Å²) >= 11 is 0. The summed E-state index contributed by atoms with van der Waals surface area (Å²) in [5.41, 5.74) is 1.05. The predicted molar refractivity (Wildman–Crippen MR) is 84.7 cm³/mol. The van der Waals surface area contributed by atoms with Gasteiger partial charge < -0.3 is 14.4 Å². The van der Waals surface area contributed by atoms with Gasteiger partial charge in [-0.25, -0.2) is 0 Å². The quantitative estimate of drug-likeness (QED) is 0.845. The fourth-order valence-electron chi connectivity index (χ4n) is 2.61. The van der Waals surface area contributed by atoms with Crippen LogP contribution in [0, 0.1) is 6.92 Å². The largest absolute Gasteiger partial charge is 0.497 e. The summed E-state index contributed by atoms with van der Waals surface area (Å²) in [7, 11) is 3.62. The zero-order valence-electron chi connectivity index (χ0n) is 13.7. The molecule has 0 radical (unpaired) electrons. The van der Waals surface area contributed by atoms with Gasteiger partial charge in [0.15, 0.2) is 0 Å². The van der Waals surface area contributed by atoms with Gasteiger partial charge in [0, 0.05) is 6.54 Å². The molecule has 120 valence electrons. The minimum atomic E-state index is -0.0896. The average molecular weight is 304 g/mol. The topological polar surface area (TPSA) is 63.4 Å². The normalized spacial score (nSPS) is 12.6. The number of aromatic nitrogens is 3. The second-order valence-corrected chi connectivity index (χ2v) is 5.29. The van der Waals surface area contributed by atoms with Crippen molar-refractivity contribution >= 4 is 0 Å². The second kappa shape index (κ2) is 7.38. The third-order valence-corrected chi connectivity index (χ3v) is 3.92. The van der Waals surface area contributed by atoms with Gasteiger partial charge in [-0.15, -0.1) is 10.2 Å². The summed E-state index contributed by atoms with van der Waals surface area (Å²) in [5.74, 6) is 2.63. The van der Waals surface area contributed by atoms with Gasteiger partial charge in [0.1, 0.15) is 17.4 Å². The fraction of sp³-hybridized carbons (Fsp3) is 0.500. The summed E-state index contributed by atoms with van der Waals surface area (Å²) in [6.45, 7) is 5.54. The maximum atomic E-state index is 9.77. The number of methoxy groups -OCH3 is 1. The molecule has 0 aliphatic heterocycles. The first-order chi connectivity index (χ1) is 10.6. The Balaban J connectivity index is 2.15. The number of nitrogens with zero attached hydrogens (tertiary/aromatic N) is 4. The molecule has 1 unspecified atom stereocenters. The van der Waals surface area contributed by atoms with E-state index in [2.05, 4.69) is 26.6 Å². The van der Waals surface area contributed by atoms with Crippen LogP contribution < -0.4 is 4.74 Å². The highest BCUT2D eigenvalue weighted by Gasteiger charge is 2.19. The molecule has 6 heteroatoms. The van der Waals surface area contributed by atoms with Crippen LogP contribution in [-0.2, 0) is 13.1 Å². The Morgan fingerprint density at radius 1 is 1.27 bits per heavy atom. The van der Waals surface area contributed by atoms with Gasteiger partial charge in [0.2, 0.25) is 0 Å². The molecule has 1 aromatic carbocycles. The number of hydrogen-bond donors (Lipinski definition) is 1. The minimum Gasteiger partial charge on any atom is -0.497 e. The molecule has 1 aromatic heterocycles. The molecule has 0 spiro atoms. The Morgan fingerprint density at radius 3 is 2.50 bits per heavy atom. The average Bonchev–Trinajstić information content (AvgIpc) is 2.88. The highest BCUT2D eigenvalue weighted by Crippen LogP contribution is 2.23. The van der Waals surface area contributed by atoms with Crippen LogP contribution in [-0.4, -0.2) is 45.5 Å². The predicted octanol–water partition coefficient (Wildman–Crippen LogP) is 1.78. The van der Waals surface area contributed by atoms with Crippen molar-refractivity contribution in [1.82, 2.24) is 19.7 Å². The van der Waals surface area contributed by atoms with Crippen LogP contribution in [0.4, 0.5) is 0 Å². The maximum absolute atomic E-state index is 9.77. The molecule has 0 bridgehead atoms. The fourth-order valence-corrected chi connectivity index (χ4v) is 2.61. The van der Waals surface area contributed by atoms with Crippen LogP contribution in [0.25, 0.3) is 0 Å². The Morgan fingerprint density at radius 2 is 1.95 bits per heavy atom. The first-order valence-electron chi connectivity index (χ1n) is 7.44. The standard InChI is InChI=1S/C16H24N4O2/c1-5-20-12(2)17-18-16(20)10-19(3)15(11-21)13-6-8-14(22-4)9-7-13/h6-9,15,21H,5,10-11H2,1-4H3. The van der Waals surface area contributed by atoms with E-state index in [4.69, 9.17) is 4.74 Å². The summed E-state index contributed by atoms with van der Waals surface area (Å²) in [5, 5.41) is 18.1. The first-order valence-corrected chi connectivity index (χ1v) is 7.44. The van der Waals surface area contributed by atoms with E-state index in [-0.39, 0.29) is 12.6 Å². The smallest absolute Gasteiger partial charge is 0.147 e. The van der Waals surface area contributed by atoms with E-state index in [1.807, 2.05) is 38.2 Å². The van der Waals surface area contributed by atoms with Gasteiger partial charge in [0.05, 0.1) is 26.3 Å². The van der Waals surface area contributed by atoms with Crippen molar-refractivity contribution in [3.63, 3.8) is 0 Å². The monoisotopic (exact) mass is 304 g/mol. The SMILES string of the molecule is CCn1c(C)nnc1CN(C)C(CO)c1ccc(OC)cc1. The van der Waals surface area contributed by atoms with E-state index in [0.29, 0.717) is 6.54 Å². The molecule has 0 aliphatic rings. The van der Waals surface area contributed by atoms with Crippen LogP contribution in [0.2, 0.25) is 0 Å². The number of likely N-dealkylation sites (N-methyl/N-ethyl adjacent to an activating group) is 1. The lowest BCUT2D eigenvalue weighted by atomic mass is 10.1. The second-order valence-electron chi connectivity index (χ2n) is 5.29. The van der Waals surface area contributed by atoms with E-state index in [1.165, 1.54) is 0 Å². The van der Waals surface area contributed by atoms with Crippen molar-refractivity contribution in [3.8, 4) is 5.75 Å². The molecule has 0 fully saturated rings. The molecule has 1 N–H and O–H groups in total. The highest BCUT2D eigenvalue weighted by molar-refractivity contribution is 5.29. The van der Waals surface area contributed by atoms with Gasteiger partial charge in [-0.3, -0.25) is 4.90 Å². The van der Waals surface area contributed by atoms with Crippen molar-refractivity contribution in [1.29, 1.82) is 0 Å². The molecule has 0 saturated heterocycles. The van der Waals surface area contributed by atoms with Crippen molar-refractivity contribution < 1.29 is 9.84 Å². The molecule has 1 heterocycles. The van der Waals surface area contributed by atoms with Gasteiger partial charge in [-0.2, -0.15) is 0 Å². The Hall–Kier alpha value is -1.92. The van der Waals surface area contributed by atoms with Crippen molar-refractivity contribution in [2.75, 3.05) is 20.8 Å². The molecule has 1 atom stereocenters. The third kappa shape index (κ3) is 3.45. The summed E-state index contributed by atoms with van der Waals surface area (Å²) in [4.78, 5) is 2.08. The highest BCUT2D eigenvalue weighted by atomic mass is 16.5. The third-order valence-electron chi connectivity index (χ3n) is 3.92. The van der Waals surface area contributed by atoms with Gasteiger partial charge in [-0.1, -0.05) is 12.1 Å². The lowest BCUT2D eigenvalue weighted by Crippen LogP contribution is -2.28. The van der Waals surface area contributed by atoms with E-state index in [0.717, 1.165) is 29.5 Å². The van der Waals surface area contributed by atoms with Crippen molar-refractivity contribution in [2.45, 2.75) is 33.0 Å². The van der Waals surface area contributed by atoms with Crippen LogP contribution in [0.1, 0.15) is 30.2 Å². The molecule has 0 aliphatic carbocycles. The van der Waals surface area contributed by atoms with E-state index in [9.17, 15) is 5.11 Å². The number of aliphatic hydroxyl groups excluding tert-OH is 1. The van der Waals surface area contributed by atoms with Crippen LogP contribution in [0.15, 0.2) is 24.3 Å². The number of rotatable bonds is 7. The summed E-state index contributed by atoms with van der Waals surface area (Å²) in [6.07, 6.45) is 0. The zero-order valence-corrected chi connectivity index (χ0v) is 13.7. The minimum absolute atomic E-state index is 0.0437. The number of ether oxygens (including phenoxy) is 1. The van der Waals surface area contributed by atoms with Gasteiger partial charge in [-0.05, 0) is 38.6 Å². The zero-order chi connectivity index (χ0) is 16.1. The van der Waals surface area contributed by atoms with Crippen molar-refractivity contribution in [2.24, 2.45) is 0 Å². The Labute approximate surface area is 131 Å². The number of hydrogen-bond acceptors (Lipinski definition) is 5. The van der Waals surface area contributed by atoms with Crippen LogP contribution in [0.5, 0.6) is 5.75 Å². The van der Waals surface area contributed by atoms with E-state index in [1.54, 1.807) is 7.11 Å². The van der Waals surface area contributed by atoms with Gasteiger partial charge in [0.25, 0.3) is 0 Å². The molecule has 0 amide bonds. The molecule has 6 nitrogen and oxygen atoms in total. The molecule has 2 aromatic rings. The van der Waals surface area contributed by atoms with E-state index < -0.39 is 0 Å². The van der Waals surface area contributed by atoms with Crippen LogP contribution in [0.3, 0.4) is 0 Å². The summed E-state index contributed by atoms with van der Waals surface area (Å²) in [6, 6.07) is 7.68. The number of benzene rings is 1. The summed E-state index contributed by atoms with van der Waals surface area (Å²) < 4.78 is 7.26. The van der Waals surface area contributed by atoms with Gasteiger partial charge >= 0.3 is 0 Å².